The van der Waals surface area contributed by atoms with Gasteiger partial charge in [-0.1, -0.05) is 27.7 Å². The molecule has 18 heavy (non-hydrogen) atoms. The van der Waals surface area contributed by atoms with E-state index in [-0.39, 0.29) is 0 Å². The van der Waals surface area contributed by atoms with Crippen LogP contribution in [0.1, 0.15) is 33.3 Å². The summed E-state index contributed by atoms with van der Waals surface area (Å²) in [5.74, 6) is 2.37. The van der Waals surface area contributed by atoms with E-state index in [4.69, 9.17) is 5.26 Å². The second kappa shape index (κ2) is 4.61. The van der Waals surface area contributed by atoms with Gasteiger partial charge in [-0.3, -0.25) is 0 Å². The van der Waals surface area contributed by atoms with Gasteiger partial charge in [0.15, 0.2) is 0 Å². The van der Waals surface area contributed by atoms with E-state index in [1.807, 2.05) is 12.1 Å². The molecule has 2 unspecified atom stereocenters. The van der Waals surface area contributed by atoms with Crippen molar-refractivity contribution in [2.24, 2.45) is 17.3 Å². The number of anilines is 1. The minimum absolute atomic E-state index is 0.334. The average Bonchev–Trinajstić information content (AvgIpc) is 2.71. The minimum Gasteiger partial charge on any atom is -0.356 e. The number of aromatic nitrogens is 1. The molecule has 0 spiro atoms. The zero-order valence-corrected chi connectivity index (χ0v) is 11.6. The van der Waals surface area contributed by atoms with E-state index in [9.17, 15) is 0 Å². The van der Waals surface area contributed by atoms with Gasteiger partial charge >= 0.3 is 0 Å². The number of rotatable bonds is 1. The first-order valence-electron chi connectivity index (χ1n) is 6.53. The molecule has 2 rings (SSSR count). The summed E-state index contributed by atoms with van der Waals surface area (Å²) < 4.78 is 0. The van der Waals surface area contributed by atoms with Gasteiger partial charge in [0.2, 0.25) is 0 Å². The highest BCUT2D eigenvalue weighted by molar-refractivity contribution is 5.43. The van der Waals surface area contributed by atoms with E-state index in [0.717, 1.165) is 18.9 Å². The molecule has 0 bridgehead atoms. The van der Waals surface area contributed by atoms with Crippen LogP contribution >= 0.6 is 0 Å². The molecule has 2 heterocycles. The van der Waals surface area contributed by atoms with Crippen molar-refractivity contribution in [1.82, 2.24) is 4.98 Å². The monoisotopic (exact) mass is 243 g/mol. The fourth-order valence-corrected chi connectivity index (χ4v) is 2.92. The summed E-state index contributed by atoms with van der Waals surface area (Å²) in [6.45, 7) is 11.4. The fraction of sp³-hybridized carbons (Fsp3) is 0.600. The van der Waals surface area contributed by atoms with Crippen LogP contribution in [0.2, 0.25) is 0 Å². The van der Waals surface area contributed by atoms with Gasteiger partial charge < -0.3 is 4.90 Å². The third-order valence-corrected chi connectivity index (χ3v) is 3.93. The Morgan fingerprint density at radius 3 is 2.50 bits per heavy atom. The maximum atomic E-state index is 8.78. The predicted molar refractivity (Wildman–Crippen MR) is 73.3 cm³/mol. The van der Waals surface area contributed by atoms with Gasteiger partial charge in [-0.2, -0.15) is 5.26 Å². The lowest BCUT2D eigenvalue weighted by molar-refractivity contribution is 0.214. The van der Waals surface area contributed by atoms with Gasteiger partial charge in [-0.05, 0) is 29.4 Å². The second-order valence-corrected chi connectivity index (χ2v) is 6.37. The number of pyridine rings is 1. The molecule has 1 saturated heterocycles. The normalized spacial score (nSPS) is 24.1. The van der Waals surface area contributed by atoms with Crippen LogP contribution < -0.4 is 4.90 Å². The van der Waals surface area contributed by atoms with Crippen molar-refractivity contribution in [3.05, 3.63) is 23.9 Å². The lowest BCUT2D eigenvalue weighted by Gasteiger charge is -2.29. The number of hydrogen-bond acceptors (Lipinski definition) is 3. The van der Waals surface area contributed by atoms with E-state index in [0.29, 0.717) is 22.8 Å². The lowest BCUT2D eigenvalue weighted by atomic mass is 9.76. The van der Waals surface area contributed by atoms with E-state index < -0.39 is 0 Å². The van der Waals surface area contributed by atoms with Crippen LogP contribution in [-0.4, -0.2) is 18.1 Å². The van der Waals surface area contributed by atoms with Gasteiger partial charge in [-0.25, -0.2) is 4.98 Å². The Hall–Kier alpha value is -1.56. The quantitative estimate of drug-likeness (QED) is 0.761. The molecule has 0 aromatic carbocycles. The number of nitriles is 1. The van der Waals surface area contributed by atoms with Crippen molar-refractivity contribution < 1.29 is 0 Å². The van der Waals surface area contributed by atoms with Crippen molar-refractivity contribution in [3.63, 3.8) is 0 Å². The van der Waals surface area contributed by atoms with Crippen molar-refractivity contribution in [2.75, 3.05) is 18.0 Å². The highest BCUT2D eigenvalue weighted by Crippen LogP contribution is 2.38. The average molecular weight is 243 g/mol. The van der Waals surface area contributed by atoms with E-state index in [1.165, 1.54) is 0 Å². The van der Waals surface area contributed by atoms with Crippen molar-refractivity contribution in [2.45, 2.75) is 27.7 Å². The third-order valence-electron chi connectivity index (χ3n) is 3.93. The fourth-order valence-electron chi connectivity index (χ4n) is 2.92. The molecule has 1 aromatic rings. The summed E-state index contributed by atoms with van der Waals surface area (Å²) in [5.41, 5.74) is 0.958. The van der Waals surface area contributed by atoms with Crippen LogP contribution in [0.5, 0.6) is 0 Å². The smallest absolute Gasteiger partial charge is 0.128 e. The number of nitrogens with zero attached hydrogens (tertiary/aromatic N) is 3. The first-order valence-corrected chi connectivity index (χ1v) is 6.53. The molecular formula is C15H21N3. The molecule has 0 N–H and O–H groups in total. The lowest BCUT2D eigenvalue weighted by Crippen LogP contribution is -2.27. The Morgan fingerprint density at radius 1 is 1.33 bits per heavy atom. The molecule has 96 valence electrons. The molecule has 1 aromatic heterocycles. The highest BCUT2D eigenvalue weighted by atomic mass is 15.2. The SMILES string of the molecule is CC1CN(c2ccc(C#N)cn2)CC1C(C)(C)C. The van der Waals surface area contributed by atoms with Crippen LogP contribution in [0.25, 0.3) is 0 Å². The maximum absolute atomic E-state index is 8.78. The van der Waals surface area contributed by atoms with Gasteiger partial charge in [0.1, 0.15) is 11.9 Å². The maximum Gasteiger partial charge on any atom is 0.128 e. The molecule has 0 aliphatic carbocycles. The van der Waals surface area contributed by atoms with Crippen molar-refractivity contribution in [1.29, 1.82) is 5.26 Å². The molecule has 2 atom stereocenters. The molecular weight excluding hydrogens is 222 g/mol. The summed E-state index contributed by atoms with van der Waals surface area (Å²) in [6, 6.07) is 5.90. The van der Waals surface area contributed by atoms with Crippen LogP contribution in [0.4, 0.5) is 5.82 Å². The highest BCUT2D eigenvalue weighted by Gasteiger charge is 2.37. The summed E-state index contributed by atoms with van der Waals surface area (Å²) in [5, 5.41) is 8.78. The molecule has 3 nitrogen and oxygen atoms in total. The molecule has 0 amide bonds. The summed E-state index contributed by atoms with van der Waals surface area (Å²) in [4.78, 5) is 6.72. The summed E-state index contributed by atoms with van der Waals surface area (Å²) >= 11 is 0. The van der Waals surface area contributed by atoms with Gasteiger partial charge in [0.25, 0.3) is 0 Å². The Kier molecular flexibility index (Phi) is 3.30. The van der Waals surface area contributed by atoms with Crippen molar-refractivity contribution in [3.8, 4) is 6.07 Å². The van der Waals surface area contributed by atoms with Crippen molar-refractivity contribution >= 4 is 5.82 Å². The van der Waals surface area contributed by atoms with Gasteiger partial charge in [0.05, 0.1) is 5.56 Å². The van der Waals surface area contributed by atoms with Crippen LogP contribution in [0.3, 0.4) is 0 Å². The van der Waals surface area contributed by atoms with Gasteiger partial charge in [-0.15, -0.1) is 0 Å². The van der Waals surface area contributed by atoms with Crippen LogP contribution in [-0.2, 0) is 0 Å². The third kappa shape index (κ3) is 2.48. The Balaban J connectivity index is 2.14. The molecule has 0 radical (unpaired) electrons. The topological polar surface area (TPSA) is 39.9 Å². The first kappa shape index (κ1) is 12.9. The van der Waals surface area contributed by atoms with Gasteiger partial charge in [0, 0.05) is 19.3 Å². The molecule has 1 aliphatic rings. The first-order chi connectivity index (χ1) is 8.41. The second-order valence-electron chi connectivity index (χ2n) is 6.37. The molecule has 3 heteroatoms. The number of hydrogen-bond donors (Lipinski definition) is 0. The van der Waals surface area contributed by atoms with E-state index >= 15 is 0 Å². The van der Waals surface area contributed by atoms with E-state index in [2.05, 4.69) is 43.6 Å². The van der Waals surface area contributed by atoms with Crippen LogP contribution in [0, 0.1) is 28.6 Å². The summed E-state index contributed by atoms with van der Waals surface area (Å²) in [6.07, 6.45) is 1.66. The predicted octanol–water partition coefficient (Wildman–Crippen LogP) is 3.07. The van der Waals surface area contributed by atoms with E-state index in [1.54, 1.807) is 6.20 Å². The molecule has 0 saturated carbocycles. The molecule has 1 aliphatic heterocycles. The Morgan fingerprint density at radius 2 is 2.06 bits per heavy atom. The summed E-state index contributed by atoms with van der Waals surface area (Å²) in [7, 11) is 0. The zero-order chi connectivity index (χ0) is 13.3. The zero-order valence-electron chi connectivity index (χ0n) is 11.6. The Bertz CT molecular complexity index is 450. The largest absolute Gasteiger partial charge is 0.356 e. The standard InChI is InChI=1S/C15H21N3/c1-11-9-18(10-13(11)15(2,3)4)14-6-5-12(7-16)8-17-14/h5-6,8,11,13H,9-10H2,1-4H3. The molecule has 1 fully saturated rings. The van der Waals surface area contributed by atoms with Crippen LogP contribution in [0.15, 0.2) is 18.3 Å². The Labute approximate surface area is 109 Å². The minimum atomic E-state index is 0.334.